The largest absolute Gasteiger partial charge is 0.383 e. The molecule has 0 aromatic heterocycles. The highest BCUT2D eigenvalue weighted by molar-refractivity contribution is 7.92. The molecule has 0 aliphatic heterocycles. The first-order chi connectivity index (χ1) is 6.94. The number of nitrogens with one attached hydrogen (secondary N) is 1. The van der Waals surface area contributed by atoms with Gasteiger partial charge in [0.05, 0.1) is 17.6 Å². The lowest BCUT2D eigenvalue weighted by Gasteiger charge is -2.15. The van der Waals surface area contributed by atoms with Crippen molar-refractivity contribution in [2.24, 2.45) is 0 Å². The Hall–Kier alpha value is 0.160. The molecule has 1 N–H and O–H groups in total. The monoisotopic (exact) mass is 257 g/mol. The lowest BCUT2D eigenvalue weighted by atomic mass is 10.3. The van der Waals surface area contributed by atoms with Crippen molar-refractivity contribution in [2.45, 2.75) is 25.1 Å². The molecule has 0 heterocycles. The van der Waals surface area contributed by atoms with Crippen LogP contribution in [0, 0.1) is 0 Å². The second-order valence-electron chi connectivity index (χ2n) is 3.68. The summed E-state index contributed by atoms with van der Waals surface area (Å²) in [5.41, 5.74) is 0. The van der Waals surface area contributed by atoms with Crippen molar-refractivity contribution >= 4 is 21.4 Å². The quantitative estimate of drug-likeness (QED) is 0.649. The molecule has 0 spiro atoms. The summed E-state index contributed by atoms with van der Waals surface area (Å²) in [5, 5.41) is 2.72. The van der Waals surface area contributed by atoms with Gasteiger partial charge in [0, 0.05) is 25.6 Å². The minimum absolute atomic E-state index is 0.0130. The molecule has 0 aliphatic carbocycles. The van der Waals surface area contributed by atoms with Gasteiger partial charge in [-0.2, -0.15) is 0 Å². The van der Waals surface area contributed by atoms with Gasteiger partial charge in [0.1, 0.15) is 0 Å². The summed E-state index contributed by atoms with van der Waals surface area (Å²) >= 11 is 5.67. The summed E-state index contributed by atoms with van der Waals surface area (Å²) in [6, 6.07) is 0.0130. The average Bonchev–Trinajstić information content (AvgIpc) is 2.16. The number of methoxy groups -OCH3 is 1. The summed E-state index contributed by atoms with van der Waals surface area (Å²) < 4.78 is 27.8. The van der Waals surface area contributed by atoms with Crippen LogP contribution in [0.5, 0.6) is 0 Å². The molecule has 0 saturated carbocycles. The Balaban J connectivity index is 3.87. The summed E-state index contributed by atoms with van der Waals surface area (Å²) in [5.74, 6) is 0.553. The molecular formula is C9H20ClNO3S. The van der Waals surface area contributed by atoms with Gasteiger partial charge in [-0.1, -0.05) is 0 Å². The zero-order valence-electron chi connectivity index (χ0n) is 9.49. The normalized spacial score (nSPS) is 14.5. The van der Waals surface area contributed by atoms with Gasteiger partial charge in [0.25, 0.3) is 0 Å². The van der Waals surface area contributed by atoms with E-state index in [-0.39, 0.29) is 17.0 Å². The van der Waals surface area contributed by atoms with Gasteiger partial charge in [-0.05, 0) is 13.8 Å². The Morgan fingerprint density at radius 1 is 1.40 bits per heavy atom. The van der Waals surface area contributed by atoms with Gasteiger partial charge in [0.15, 0.2) is 9.84 Å². The smallest absolute Gasteiger partial charge is 0.153 e. The third kappa shape index (κ3) is 6.35. The maximum Gasteiger partial charge on any atom is 0.153 e. The highest BCUT2D eigenvalue weighted by Crippen LogP contribution is 1.99. The molecule has 1 atom stereocenters. The van der Waals surface area contributed by atoms with Crippen LogP contribution >= 0.6 is 11.6 Å². The van der Waals surface area contributed by atoms with Crippen molar-refractivity contribution in [2.75, 3.05) is 31.9 Å². The molecule has 0 bridgehead atoms. The maximum atomic E-state index is 11.5. The summed E-state index contributed by atoms with van der Waals surface area (Å²) in [6.45, 7) is 4.28. The van der Waals surface area contributed by atoms with E-state index < -0.39 is 9.84 Å². The molecule has 1 unspecified atom stereocenters. The Bertz CT molecular complexity index is 254. The van der Waals surface area contributed by atoms with Gasteiger partial charge in [-0.25, -0.2) is 8.42 Å². The maximum absolute atomic E-state index is 11.5. The van der Waals surface area contributed by atoms with Gasteiger partial charge < -0.3 is 10.1 Å². The molecule has 0 rings (SSSR count). The van der Waals surface area contributed by atoms with Gasteiger partial charge in [-0.15, -0.1) is 11.6 Å². The van der Waals surface area contributed by atoms with Crippen LogP contribution in [-0.4, -0.2) is 51.6 Å². The first kappa shape index (κ1) is 15.2. The summed E-state index contributed by atoms with van der Waals surface area (Å²) in [7, 11) is -1.37. The van der Waals surface area contributed by atoms with E-state index in [0.717, 1.165) is 0 Å². The molecule has 0 saturated heterocycles. The van der Waals surface area contributed by atoms with E-state index in [4.69, 9.17) is 16.3 Å². The van der Waals surface area contributed by atoms with Gasteiger partial charge in [0.2, 0.25) is 0 Å². The van der Waals surface area contributed by atoms with Gasteiger partial charge >= 0.3 is 0 Å². The summed E-state index contributed by atoms with van der Waals surface area (Å²) in [4.78, 5) is 0. The molecule has 0 fully saturated rings. The highest BCUT2D eigenvalue weighted by Gasteiger charge is 2.16. The van der Waals surface area contributed by atoms with E-state index in [1.165, 1.54) is 0 Å². The second kappa shape index (κ2) is 7.44. The Morgan fingerprint density at radius 2 is 2.00 bits per heavy atom. The fourth-order valence-electron chi connectivity index (χ4n) is 1.00. The average molecular weight is 258 g/mol. The third-order valence-corrected chi connectivity index (χ3v) is 4.67. The van der Waals surface area contributed by atoms with Crippen molar-refractivity contribution in [3.05, 3.63) is 0 Å². The standard InChI is InChI=1S/C9H20ClNO3S/c1-8(2)15(12,13)5-4-11-9(6-10)7-14-3/h8-9,11H,4-7H2,1-3H3. The SMILES string of the molecule is COCC(CCl)NCCS(=O)(=O)C(C)C. The fourth-order valence-corrected chi connectivity index (χ4v) is 2.07. The Labute approximate surface area is 97.3 Å². The molecule has 0 aromatic carbocycles. The molecular weight excluding hydrogens is 238 g/mol. The van der Waals surface area contributed by atoms with Crippen LogP contribution < -0.4 is 5.32 Å². The number of halogens is 1. The van der Waals surface area contributed by atoms with E-state index in [9.17, 15) is 8.42 Å². The molecule has 0 aromatic rings. The van der Waals surface area contributed by atoms with Crippen molar-refractivity contribution < 1.29 is 13.2 Å². The van der Waals surface area contributed by atoms with E-state index in [1.807, 2.05) is 0 Å². The first-order valence-electron chi connectivity index (χ1n) is 4.94. The van der Waals surface area contributed by atoms with Crippen LogP contribution in [0.2, 0.25) is 0 Å². The Morgan fingerprint density at radius 3 is 2.40 bits per heavy atom. The van der Waals surface area contributed by atoms with Crippen LogP contribution in [0.25, 0.3) is 0 Å². The number of sulfone groups is 1. The predicted octanol–water partition coefficient (Wildman–Crippen LogP) is 0.653. The van der Waals surface area contributed by atoms with Crippen molar-refractivity contribution in [3.63, 3.8) is 0 Å². The van der Waals surface area contributed by atoms with Crippen molar-refractivity contribution in [3.8, 4) is 0 Å². The molecule has 15 heavy (non-hydrogen) atoms. The fraction of sp³-hybridized carbons (Fsp3) is 1.00. The van der Waals surface area contributed by atoms with Crippen molar-refractivity contribution in [1.82, 2.24) is 5.32 Å². The molecule has 0 amide bonds. The van der Waals surface area contributed by atoms with Crippen LogP contribution in [-0.2, 0) is 14.6 Å². The number of rotatable bonds is 8. The molecule has 0 radical (unpaired) electrons. The minimum atomic E-state index is -2.96. The van der Waals surface area contributed by atoms with Crippen molar-refractivity contribution in [1.29, 1.82) is 0 Å². The first-order valence-corrected chi connectivity index (χ1v) is 7.19. The number of ether oxygens (including phenoxy) is 1. The van der Waals surface area contributed by atoms with E-state index in [0.29, 0.717) is 19.0 Å². The Kier molecular flexibility index (Phi) is 7.52. The lowest BCUT2D eigenvalue weighted by Crippen LogP contribution is -2.38. The minimum Gasteiger partial charge on any atom is -0.383 e. The van der Waals surface area contributed by atoms with Crippen LogP contribution in [0.15, 0.2) is 0 Å². The zero-order chi connectivity index (χ0) is 11.9. The van der Waals surface area contributed by atoms with Gasteiger partial charge in [-0.3, -0.25) is 0 Å². The number of hydrogen-bond donors (Lipinski definition) is 1. The molecule has 6 heteroatoms. The van der Waals surface area contributed by atoms with Crippen LogP contribution in [0.1, 0.15) is 13.8 Å². The molecule has 0 aliphatic rings. The highest BCUT2D eigenvalue weighted by atomic mass is 35.5. The third-order valence-electron chi connectivity index (χ3n) is 2.09. The van der Waals surface area contributed by atoms with E-state index in [1.54, 1.807) is 21.0 Å². The molecule has 4 nitrogen and oxygen atoms in total. The topological polar surface area (TPSA) is 55.4 Å². The summed E-state index contributed by atoms with van der Waals surface area (Å²) in [6.07, 6.45) is 0. The van der Waals surface area contributed by atoms with E-state index in [2.05, 4.69) is 5.32 Å². The predicted molar refractivity (Wildman–Crippen MR) is 63.3 cm³/mol. The molecule has 92 valence electrons. The van der Waals surface area contributed by atoms with Crippen LogP contribution in [0.4, 0.5) is 0 Å². The van der Waals surface area contributed by atoms with E-state index >= 15 is 0 Å². The van der Waals surface area contributed by atoms with Crippen LogP contribution in [0.3, 0.4) is 0 Å². The zero-order valence-corrected chi connectivity index (χ0v) is 11.1. The second-order valence-corrected chi connectivity index (χ2v) is 6.66. The lowest BCUT2D eigenvalue weighted by molar-refractivity contribution is 0.174. The number of hydrogen-bond acceptors (Lipinski definition) is 4. The number of alkyl halides is 1.